The van der Waals surface area contributed by atoms with Crippen LogP contribution < -0.4 is 11.5 Å². The van der Waals surface area contributed by atoms with Crippen LogP contribution >= 0.6 is 0 Å². The van der Waals surface area contributed by atoms with Gasteiger partial charge >= 0.3 is 0 Å². The second-order valence-corrected chi connectivity index (χ2v) is 5.31. The van der Waals surface area contributed by atoms with E-state index in [-0.39, 0.29) is 22.9 Å². The lowest BCUT2D eigenvalue weighted by atomic mass is 9.97. The van der Waals surface area contributed by atoms with Crippen LogP contribution in [0.3, 0.4) is 0 Å². The second kappa shape index (κ2) is 6.27. The molecule has 0 amide bonds. The predicted octanol–water partition coefficient (Wildman–Crippen LogP) is 3.33. The van der Waals surface area contributed by atoms with Gasteiger partial charge in [0.1, 0.15) is 11.5 Å². The van der Waals surface area contributed by atoms with Gasteiger partial charge in [0.2, 0.25) is 0 Å². The minimum atomic E-state index is -0.0251. The van der Waals surface area contributed by atoms with Crippen LogP contribution in [-0.2, 0) is 0 Å². The molecule has 0 aromatic heterocycles. The second-order valence-electron chi connectivity index (χ2n) is 5.31. The van der Waals surface area contributed by atoms with Crippen molar-refractivity contribution in [1.82, 2.24) is 0 Å². The van der Waals surface area contributed by atoms with Crippen LogP contribution in [0.5, 0.6) is 11.5 Å². The molecular formula is C20H16N2O2. The molecule has 0 atom stereocenters. The number of hydrogen-bond donors (Lipinski definition) is 4. The topological polar surface area (TPSA) is 92.5 Å². The van der Waals surface area contributed by atoms with Crippen LogP contribution in [0, 0.1) is 11.8 Å². The molecule has 118 valence electrons. The van der Waals surface area contributed by atoms with Crippen molar-refractivity contribution in [2.45, 2.75) is 0 Å². The Balaban J connectivity index is 2.16. The molecule has 0 radical (unpaired) electrons. The molecule has 0 heterocycles. The van der Waals surface area contributed by atoms with E-state index in [0.29, 0.717) is 5.56 Å². The first kappa shape index (κ1) is 15.3. The van der Waals surface area contributed by atoms with E-state index in [1.165, 1.54) is 12.1 Å². The molecule has 0 bridgehead atoms. The summed E-state index contributed by atoms with van der Waals surface area (Å²) in [5.41, 5.74) is 15.1. The van der Waals surface area contributed by atoms with E-state index in [0.717, 1.165) is 16.7 Å². The summed E-state index contributed by atoms with van der Waals surface area (Å²) in [6.45, 7) is 0. The minimum absolute atomic E-state index is 0.0161. The fourth-order valence-corrected chi connectivity index (χ4v) is 2.36. The summed E-state index contributed by atoms with van der Waals surface area (Å²) in [5.74, 6) is 6.07. The van der Waals surface area contributed by atoms with Crippen molar-refractivity contribution in [3.8, 4) is 34.5 Å². The van der Waals surface area contributed by atoms with Gasteiger partial charge in [0.05, 0.1) is 16.9 Å². The number of nitrogens with two attached hydrogens (primary N) is 2. The summed E-state index contributed by atoms with van der Waals surface area (Å²) in [6, 6.07) is 17.6. The Morgan fingerprint density at radius 2 is 1.46 bits per heavy atom. The molecule has 0 spiro atoms. The van der Waals surface area contributed by atoms with Crippen molar-refractivity contribution in [1.29, 1.82) is 0 Å². The maximum Gasteiger partial charge on any atom is 0.139 e. The predicted molar refractivity (Wildman–Crippen MR) is 96.5 cm³/mol. The smallest absolute Gasteiger partial charge is 0.139 e. The van der Waals surface area contributed by atoms with Gasteiger partial charge in [0.25, 0.3) is 0 Å². The van der Waals surface area contributed by atoms with Crippen molar-refractivity contribution < 1.29 is 10.2 Å². The summed E-state index contributed by atoms with van der Waals surface area (Å²) >= 11 is 0. The third-order valence-electron chi connectivity index (χ3n) is 3.67. The van der Waals surface area contributed by atoms with E-state index >= 15 is 0 Å². The monoisotopic (exact) mass is 316 g/mol. The fourth-order valence-electron chi connectivity index (χ4n) is 2.36. The Hall–Kier alpha value is -3.58. The highest BCUT2D eigenvalue weighted by atomic mass is 16.3. The average Bonchev–Trinajstić information content (AvgIpc) is 2.59. The molecule has 3 aromatic carbocycles. The lowest BCUT2D eigenvalue weighted by Crippen LogP contribution is -1.95. The van der Waals surface area contributed by atoms with E-state index in [9.17, 15) is 10.2 Å². The van der Waals surface area contributed by atoms with Gasteiger partial charge in [0, 0.05) is 5.56 Å². The number of aromatic hydroxyl groups is 2. The number of phenols is 2. The molecule has 3 rings (SSSR count). The van der Waals surface area contributed by atoms with E-state index in [1.807, 2.05) is 30.3 Å². The third kappa shape index (κ3) is 2.96. The molecule has 4 heteroatoms. The van der Waals surface area contributed by atoms with E-state index in [1.54, 1.807) is 18.2 Å². The molecule has 4 nitrogen and oxygen atoms in total. The van der Waals surface area contributed by atoms with Crippen LogP contribution in [0.25, 0.3) is 11.1 Å². The van der Waals surface area contributed by atoms with Crippen LogP contribution in [0.2, 0.25) is 0 Å². The zero-order valence-corrected chi connectivity index (χ0v) is 12.8. The lowest BCUT2D eigenvalue weighted by Gasteiger charge is -2.10. The van der Waals surface area contributed by atoms with Gasteiger partial charge in [-0.1, -0.05) is 36.1 Å². The molecule has 0 saturated heterocycles. The number of anilines is 2. The summed E-state index contributed by atoms with van der Waals surface area (Å²) in [6.07, 6.45) is 0. The van der Waals surface area contributed by atoms with Gasteiger partial charge < -0.3 is 21.7 Å². The Labute approximate surface area is 140 Å². The molecule has 6 N–H and O–H groups in total. The highest BCUT2D eigenvalue weighted by Crippen LogP contribution is 2.35. The van der Waals surface area contributed by atoms with Gasteiger partial charge in [-0.15, -0.1) is 0 Å². The van der Waals surface area contributed by atoms with Gasteiger partial charge in [0.15, 0.2) is 0 Å². The van der Waals surface area contributed by atoms with Crippen molar-refractivity contribution in [3.05, 3.63) is 71.8 Å². The summed E-state index contributed by atoms with van der Waals surface area (Å²) in [4.78, 5) is 0. The number of phenolic OH excluding ortho intramolecular Hbond substituents is 2. The van der Waals surface area contributed by atoms with Gasteiger partial charge in [-0.25, -0.2) is 0 Å². The summed E-state index contributed by atoms with van der Waals surface area (Å²) in [5, 5.41) is 19.5. The number of rotatable bonds is 1. The van der Waals surface area contributed by atoms with Crippen molar-refractivity contribution in [2.75, 3.05) is 11.5 Å². The number of benzene rings is 3. The van der Waals surface area contributed by atoms with Crippen LogP contribution in [0.4, 0.5) is 11.4 Å². The molecular weight excluding hydrogens is 300 g/mol. The maximum atomic E-state index is 9.91. The summed E-state index contributed by atoms with van der Waals surface area (Å²) < 4.78 is 0. The molecule has 3 aromatic rings. The SMILES string of the molecule is Nc1cc(-c2ccc(O)c(N)c2C#Cc2ccccc2)ccc1O. The van der Waals surface area contributed by atoms with E-state index in [2.05, 4.69) is 11.8 Å². The molecule has 0 aliphatic rings. The maximum absolute atomic E-state index is 9.91. The fraction of sp³-hybridized carbons (Fsp3) is 0. The molecule has 0 aliphatic carbocycles. The van der Waals surface area contributed by atoms with Crippen molar-refractivity contribution in [2.24, 2.45) is 0 Å². The Morgan fingerprint density at radius 1 is 0.750 bits per heavy atom. The molecule has 0 aliphatic heterocycles. The zero-order valence-electron chi connectivity index (χ0n) is 12.8. The standard InChI is InChI=1S/C20H16N2O2/c21-17-12-14(7-10-18(17)23)15-9-11-19(24)20(22)16(15)8-6-13-4-2-1-3-5-13/h1-5,7,9-12,23-24H,21-22H2. The highest BCUT2D eigenvalue weighted by Gasteiger charge is 2.11. The average molecular weight is 316 g/mol. The highest BCUT2D eigenvalue weighted by molar-refractivity contribution is 5.82. The van der Waals surface area contributed by atoms with E-state index in [4.69, 9.17) is 11.5 Å². The molecule has 0 unspecified atom stereocenters. The molecule has 0 fully saturated rings. The van der Waals surface area contributed by atoms with Crippen molar-refractivity contribution in [3.63, 3.8) is 0 Å². The third-order valence-corrected chi connectivity index (χ3v) is 3.67. The quantitative estimate of drug-likeness (QED) is 0.315. The van der Waals surface area contributed by atoms with Crippen LogP contribution in [0.15, 0.2) is 60.7 Å². The Bertz CT molecular complexity index is 955. The zero-order chi connectivity index (χ0) is 17.1. The minimum Gasteiger partial charge on any atom is -0.506 e. The van der Waals surface area contributed by atoms with E-state index < -0.39 is 0 Å². The van der Waals surface area contributed by atoms with Crippen molar-refractivity contribution >= 4 is 11.4 Å². The lowest BCUT2D eigenvalue weighted by molar-refractivity contribution is 0.477. The Morgan fingerprint density at radius 3 is 2.17 bits per heavy atom. The number of nitrogen functional groups attached to an aromatic ring is 2. The van der Waals surface area contributed by atoms with Gasteiger partial charge in [-0.2, -0.15) is 0 Å². The van der Waals surface area contributed by atoms with Gasteiger partial charge in [-0.05, 0) is 47.5 Å². The van der Waals surface area contributed by atoms with Crippen LogP contribution in [-0.4, -0.2) is 10.2 Å². The first-order valence-corrected chi connectivity index (χ1v) is 7.33. The first-order chi connectivity index (χ1) is 11.6. The Kier molecular flexibility index (Phi) is 4.00. The molecule has 24 heavy (non-hydrogen) atoms. The first-order valence-electron chi connectivity index (χ1n) is 7.33. The van der Waals surface area contributed by atoms with Crippen LogP contribution in [0.1, 0.15) is 11.1 Å². The number of hydrogen-bond acceptors (Lipinski definition) is 4. The summed E-state index contributed by atoms with van der Waals surface area (Å²) in [7, 11) is 0. The largest absolute Gasteiger partial charge is 0.506 e. The van der Waals surface area contributed by atoms with Gasteiger partial charge in [-0.3, -0.25) is 0 Å². The molecule has 0 saturated carbocycles. The normalized spacial score (nSPS) is 10.0.